The molecular formula is C14H20O3. The molecule has 94 valence electrons. The summed E-state index contributed by atoms with van der Waals surface area (Å²) in [6.07, 6.45) is 4.58. The molecule has 0 bridgehead atoms. The first-order chi connectivity index (χ1) is 8.19. The van der Waals surface area contributed by atoms with Gasteiger partial charge in [-0.2, -0.15) is 0 Å². The zero-order valence-corrected chi connectivity index (χ0v) is 10.5. The number of carboxylic acids is 1. The van der Waals surface area contributed by atoms with Crippen molar-refractivity contribution in [3.8, 4) is 0 Å². The SMILES string of the molecule is CCCCCC(OC)c1ccc(C(=O)O)cc1. The van der Waals surface area contributed by atoms with Gasteiger partial charge in [0.05, 0.1) is 11.7 Å². The summed E-state index contributed by atoms with van der Waals surface area (Å²) in [7, 11) is 1.70. The molecular weight excluding hydrogens is 216 g/mol. The Morgan fingerprint density at radius 3 is 2.41 bits per heavy atom. The summed E-state index contributed by atoms with van der Waals surface area (Å²) in [6.45, 7) is 2.17. The Morgan fingerprint density at radius 1 is 1.29 bits per heavy atom. The van der Waals surface area contributed by atoms with Crippen LogP contribution in [0.3, 0.4) is 0 Å². The van der Waals surface area contributed by atoms with Gasteiger partial charge in [-0.05, 0) is 24.1 Å². The molecule has 0 aliphatic heterocycles. The lowest BCUT2D eigenvalue weighted by Crippen LogP contribution is -2.03. The van der Waals surface area contributed by atoms with Gasteiger partial charge in [-0.3, -0.25) is 0 Å². The maximum absolute atomic E-state index is 10.7. The van der Waals surface area contributed by atoms with Crippen molar-refractivity contribution in [2.75, 3.05) is 7.11 Å². The van der Waals surface area contributed by atoms with Gasteiger partial charge in [-0.15, -0.1) is 0 Å². The molecule has 0 spiro atoms. The smallest absolute Gasteiger partial charge is 0.335 e. The molecule has 3 heteroatoms. The van der Waals surface area contributed by atoms with Crippen LogP contribution in [0.15, 0.2) is 24.3 Å². The van der Waals surface area contributed by atoms with Gasteiger partial charge in [0.25, 0.3) is 0 Å². The van der Waals surface area contributed by atoms with Crippen LogP contribution in [0.5, 0.6) is 0 Å². The number of methoxy groups -OCH3 is 1. The third kappa shape index (κ3) is 4.19. The maximum atomic E-state index is 10.7. The van der Waals surface area contributed by atoms with Crippen LogP contribution >= 0.6 is 0 Å². The molecule has 0 aliphatic carbocycles. The first-order valence-corrected chi connectivity index (χ1v) is 6.05. The van der Waals surface area contributed by atoms with E-state index in [2.05, 4.69) is 6.92 Å². The van der Waals surface area contributed by atoms with E-state index in [-0.39, 0.29) is 6.10 Å². The fraction of sp³-hybridized carbons (Fsp3) is 0.500. The minimum absolute atomic E-state index is 0.0735. The summed E-state index contributed by atoms with van der Waals surface area (Å²) in [4.78, 5) is 10.7. The zero-order chi connectivity index (χ0) is 12.7. The number of carbonyl (C=O) groups is 1. The first kappa shape index (κ1) is 13.7. The average molecular weight is 236 g/mol. The van der Waals surface area contributed by atoms with Crippen LogP contribution in [0.1, 0.15) is 54.6 Å². The van der Waals surface area contributed by atoms with Crippen molar-refractivity contribution >= 4 is 5.97 Å². The Bertz CT molecular complexity index is 343. The summed E-state index contributed by atoms with van der Waals surface area (Å²) in [5, 5.41) is 8.81. The van der Waals surface area contributed by atoms with E-state index in [1.165, 1.54) is 12.8 Å². The Hall–Kier alpha value is -1.35. The monoisotopic (exact) mass is 236 g/mol. The van der Waals surface area contributed by atoms with E-state index in [0.717, 1.165) is 18.4 Å². The van der Waals surface area contributed by atoms with Crippen LogP contribution in [-0.4, -0.2) is 18.2 Å². The van der Waals surface area contributed by atoms with Gasteiger partial charge in [-0.1, -0.05) is 38.3 Å². The molecule has 0 aromatic heterocycles. The Kier molecular flexibility index (Phi) is 5.70. The van der Waals surface area contributed by atoms with Crippen LogP contribution in [0.2, 0.25) is 0 Å². The molecule has 0 saturated heterocycles. The number of hydrogen-bond acceptors (Lipinski definition) is 2. The van der Waals surface area contributed by atoms with Crippen LogP contribution in [-0.2, 0) is 4.74 Å². The van der Waals surface area contributed by atoms with Crippen LogP contribution in [0.4, 0.5) is 0 Å². The van der Waals surface area contributed by atoms with Gasteiger partial charge in [0.1, 0.15) is 0 Å². The second-order valence-corrected chi connectivity index (χ2v) is 4.15. The van der Waals surface area contributed by atoms with Gasteiger partial charge < -0.3 is 9.84 Å². The molecule has 1 atom stereocenters. The van der Waals surface area contributed by atoms with E-state index in [9.17, 15) is 4.79 Å². The Labute approximate surface area is 102 Å². The number of rotatable bonds is 7. The zero-order valence-electron chi connectivity index (χ0n) is 10.5. The number of aromatic carboxylic acids is 1. The summed E-state index contributed by atoms with van der Waals surface area (Å²) in [5.41, 5.74) is 1.37. The number of carboxylic acid groups (broad SMARTS) is 1. The Balaban J connectivity index is 2.65. The van der Waals surface area contributed by atoms with Gasteiger partial charge >= 0.3 is 5.97 Å². The number of benzene rings is 1. The second-order valence-electron chi connectivity index (χ2n) is 4.15. The molecule has 1 aromatic rings. The third-order valence-electron chi connectivity index (χ3n) is 2.88. The molecule has 1 N–H and O–H groups in total. The molecule has 0 aliphatic rings. The van der Waals surface area contributed by atoms with E-state index in [0.29, 0.717) is 5.56 Å². The largest absolute Gasteiger partial charge is 0.478 e. The molecule has 0 fully saturated rings. The van der Waals surface area contributed by atoms with Crippen LogP contribution < -0.4 is 0 Å². The number of hydrogen-bond donors (Lipinski definition) is 1. The lowest BCUT2D eigenvalue weighted by molar-refractivity contribution is 0.0696. The molecule has 0 radical (unpaired) electrons. The maximum Gasteiger partial charge on any atom is 0.335 e. The summed E-state index contributed by atoms with van der Waals surface area (Å²) in [6, 6.07) is 6.93. The first-order valence-electron chi connectivity index (χ1n) is 6.05. The summed E-state index contributed by atoms with van der Waals surface area (Å²) in [5.74, 6) is -0.892. The van der Waals surface area contributed by atoms with Crippen molar-refractivity contribution in [1.82, 2.24) is 0 Å². The van der Waals surface area contributed by atoms with Crippen molar-refractivity contribution in [3.63, 3.8) is 0 Å². The highest BCUT2D eigenvalue weighted by atomic mass is 16.5. The predicted octanol–water partition coefficient (Wildman–Crippen LogP) is 3.65. The fourth-order valence-corrected chi connectivity index (χ4v) is 1.84. The molecule has 3 nitrogen and oxygen atoms in total. The van der Waals surface area contributed by atoms with Gasteiger partial charge in [0.2, 0.25) is 0 Å². The van der Waals surface area contributed by atoms with Crippen molar-refractivity contribution < 1.29 is 14.6 Å². The summed E-state index contributed by atoms with van der Waals surface area (Å²) < 4.78 is 5.44. The van der Waals surface area contributed by atoms with E-state index < -0.39 is 5.97 Å². The number of unbranched alkanes of at least 4 members (excludes halogenated alkanes) is 2. The van der Waals surface area contributed by atoms with E-state index in [1.54, 1.807) is 19.2 Å². The molecule has 17 heavy (non-hydrogen) atoms. The molecule has 1 rings (SSSR count). The predicted molar refractivity (Wildman–Crippen MR) is 67.3 cm³/mol. The topological polar surface area (TPSA) is 46.5 Å². The molecule has 0 heterocycles. The van der Waals surface area contributed by atoms with Gasteiger partial charge in [-0.25, -0.2) is 4.79 Å². The third-order valence-corrected chi connectivity index (χ3v) is 2.88. The second kappa shape index (κ2) is 7.07. The van der Waals surface area contributed by atoms with Crippen molar-refractivity contribution in [2.24, 2.45) is 0 Å². The quantitative estimate of drug-likeness (QED) is 0.735. The molecule has 0 amide bonds. The molecule has 1 unspecified atom stereocenters. The average Bonchev–Trinajstić information content (AvgIpc) is 2.35. The summed E-state index contributed by atoms with van der Waals surface area (Å²) >= 11 is 0. The minimum Gasteiger partial charge on any atom is -0.478 e. The van der Waals surface area contributed by atoms with E-state index in [1.807, 2.05) is 12.1 Å². The number of ether oxygens (including phenoxy) is 1. The lowest BCUT2D eigenvalue weighted by atomic mass is 10.0. The highest BCUT2D eigenvalue weighted by Crippen LogP contribution is 2.23. The lowest BCUT2D eigenvalue weighted by Gasteiger charge is -2.15. The van der Waals surface area contributed by atoms with Crippen molar-refractivity contribution in [2.45, 2.75) is 38.7 Å². The van der Waals surface area contributed by atoms with Crippen molar-refractivity contribution in [1.29, 1.82) is 0 Å². The molecule has 0 saturated carbocycles. The van der Waals surface area contributed by atoms with Crippen molar-refractivity contribution in [3.05, 3.63) is 35.4 Å². The molecule has 1 aromatic carbocycles. The minimum atomic E-state index is -0.892. The van der Waals surface area contributed by atoms with Gasteiger partial charge in [0, 0.05) is 7.11 Å². The fourth-order valence-electron chi connectivity index (χ4n) is 1.84. The van der Waals surface area contributed by atoms with Gasteiger partial charge in [0.15, 0.2) is 0 Å². The Morgan fingerprint density at radius 2 is 1.94 bits per heavy atom. The highest BCUT2D eigenvalue weighted by molar-refractivity contribution is 5.87. The van der Waals surface area contributed by atoms with E-state index >= 15 is 0 Å². The van der Waals surface area contributed by atoms with E-state index in [4.69, 9.17) is 9.84 Å². The standard InChI is InChI=1S/C14H20O3/c1-3-4-5-6-13(17-2)11-7-9-12(10-8-11)14(15)16/h7-10,13H,3-6H2,1-2H3,(H,15,16). The normalized spacial score (nSPS) is 12.4. The highest BCUT2D eigenvalue weighted by Gasteiger charge is 2.10. The van der Waals surface area contributed by atoms with Crippen LogP contribution in [0, 0.1) is 0 Å². The van der Waals surface area contributed by atoms with Crippen LogP contribution in [0.25, 0.3) is 0 Å².